The van der Waals surface area contributed by atoms with E-state index in [-0.39, 0.29) is 23.9 Å². The lowest BCUT2D eigenvalue weighted by Gasteiger charge is -2.17. The van der Waals surface area contributed by atoms with E-state index in [4.69, 9.17) is 0 Å². The highest BCUT2D eigenvalue weighted by molar-refractivity contribution is 6.23. The fourth-order valence-electron chi connectivity index (χ4n) is 2.71. The zero-order valence-corrected chi connectivity index (χ0v) is 13.0. The van der Waals surface area contributed by atoms with Crippen LogP contribution in [-0.2, 0) is 9.59 Å². The first-order valence-corrected chi connectivity index (χ1v) is 7.42. The summed E-state index contributed by atoms with van der Waals surface area (Å²) >= 11 is 0. The van der Waals surface area contributed by atoms with Gasteiger partial charge >= 0.3 is 0 Å². The van der Waals surface area contributed by atoms with Gasteiger partial charge in [-0.25, -0.2) is 9.29 Å². The highest BCUT2D eigenvalue weighted by atomic mass is 19.1. The molecule has 0 aliphatic carbocycles. The third kappa shape index (κ3) is 2.95. The van der Waals surface area contributed by atoms with E-state index in [1.165, 1.54) is 18.2 Å². The van der Waals surface area contributed by atoms with E-state index in [0.717, 1.165) is 21.7 Å². The molecule has 0 aromatic heterocycles. The Morgan fingerprint density at radius 2 is 1.91 bits per heavy atom. The van der Waals surface area contributed by atoms with Crippen molar-refractivity contribution in [2.45, 2.75) is 26.3 Å². The molecular weight excluding hydrogens is 295 g/mol. The molecule has 0 saturated carbocycles. The molecule has 4 nitrogen and oxygen atoms in total. The minimum absolute atomic E-state index is 0.0583. The maximum absolute atomic E-state index is 13.4. The van der Waals surface area contributed by atoms with Crippen molar-refractivity contribution in [2.24, 2.45) is 0 Å². The molecule has 1 heterocycles. The number of hydrogen-bond donors (Lipinski definition) is 1. The van der Waals surface area contributed by atoms with E-state index in [1.54, 1.807) is 6.07 Å². The van der Waals surface area contributed by atoms with Crippen LogP contribution in [0.3, 0.4) is 0 Å². The Hall–Kier alpha value is -2.69. The standard InChI is InChI=1S/C18H17FN2O2/c1-11-6-7-12(2)15(8-11)20-16-10-17(22)21(18(16)23)14-5-3-4-13(19)9-14/h3-9,16,20H,10H2,1-2H3/t16-/m1/s1. The SMILES string of the molecule is Cc1ccc(C)c(N[C@@H]2CC(=O)N(c3cccc(F)c3)C2=O)c1. The number of amides is 2. The lowest BCUT2D eigenvalue weighted by atomic mass is 10.1. The van der Waals surface area contributed by atoms with Gasteiger partial charge in [-0.15, -0.1) is 0 Å². The van der Waals surface area contributed by atoms with Crippen molar-refractivity contribution in [1.29, 1.82) is 0 Å². The van der Waals surface area contributed by atoms with Crippen LogP contribution in [0, 0.1) is 19.7 Å². The number of nitrogens with zero attached hydrogens (tertiary/aromatic N) is 1. The van der Waals surface area contributed by atoms with Gasteiger partial charge in [-0.2, -0.15) is 0 Å². The van der Waals surface area contributed by atoms with Crippen molar-refractivity contribution >= 4 is 23.2 Å². The number of nitrogens with one attached hydrogen (secondary N) is 1. The molecule has 5 heteroatoms. The molecule has 2 aromatic rings. The molecule has 1 fully saturated rings. The van der Waals surface area contributed by atoms with Gasteiger partial charge in [0.1, 0.15) is 11.9 Å². The number of imide groups is 1. The predicted octanol–water partition coefficient (Wildman–Crippen LogP) is 3.19. The first-order valence-electron chi connectivity index (χ1n) is 7.42. The van der Waals surface area contributed by atoms with E-state index in [9.17, 15) is 14.0 Å². The second-order valence-electron chi connectivity index (χ2n) is 5.77. The van der Waals surface area contributed by atoms with E-state index < -0.39 is 11.9 Å². The van der Waals surface area contributed by atoms with Crippen LogP contribution in [-0.4, -0.2) is 17.9 Å². The lowest BCUT2D eigenvalue weighted by molar-refractivity contribution is -0.121. The van der Waals surface area contributed by atoms with E-state index in [0.29, 0.717) is 0 Å². The topological polar surface area (TPSA) is 49.4 Å². The average molecular weight is 312 g/mol. The van der Waals surface area contributed by atoms with Crippen molar-refractivity contribution in [1.82, 2.24) is 0 Å². The molecule has 3 rings (SSSR count). The molecule has 0 unspecified atom stereocenters. The number of carbonyl (C=O) groups excluding carboxylic acids is 2. The van der Waals surface area contributed by atoms with Crippen molar-refractivity contribution in [2.75, 3.05) is 10.2 Å². The zero-order chi connectivity index (χ0) is 16.6. The molecule has 118 valence electrons. The molecule has 0 spiro atoms. The monoisotopic (exact) mass is 312 g/mol. The summed E-state index contributed by atoms with van der Waals surface area (Å²) in [5.41, 5.74) is 3.17. The van der Waals surface area contributed by atoms with Gasteiger partial charge in [-0.3, -0.25) is 9.59 Å². The summed E-state index contributed by atoms with van der Waals surface area (Å²) in [6.07, 6.45) is 0.0583. The lowest BCUT2D eigenvalue weighted by Crippen LogP contribution is -2.35. The quantitative estimate of drug-likeness (QED) is 0.886. The Labute approximate surface area is 133 Å². The molecule has 2 amide bonds. The first kappa shape index (κ1) is 15.2. The molecule has 1 aliphatic rings. The van der Waals surface area contributed by atoms with Gasteiger partial charge in [-0.05, 0) is 49.2 Å². The van der Waals surface area contributed by atoms with Gasteiger partial charge in [0.05, 0.1) is 12.1 Å². The van der Waals surface area contributed by atoms with Crippen molar-refractivity contribution in [3.63, 3.8) is 0 Å². The molecule has 1 atom stereocenters. The van der Waals surface area contributed by atoms with Gasteiger partial charge in [0.2, 0.25) is 5.91 Å². The Morgan fingerprint density at radius 3 is 2.65 bits per heavy atom. The van der Waals surface area contributed by atoms with Crippen LogP contribution in [0.5, 0.6) is 0 Å². The fraction of sp³-hybridized carbons (Fsp3) is 0.222. The molecular formula is C18H17FN2O2. The minimum atomic E-state index is -0.633. The maximum atomic E-state index is 13.4. The second-order valence-corrected chi connectivity index (χ2v) is 5.77. The van der Waals surface area contributed by atoms with Gasteiger partial charge in [0.15, 0.2) is 0 Å². The Morgan fingerprint density at radius 1 is 1.13 bits per heavy atom. The summed E-state index contributed by atoms with van der Waals surface area (Å²) in [7, 11) is 0. The van der Waals surface area contributed by atoms with Gasteiger partial charge in [-0.1, -0.05) is 18.2 Å². The Balaban J connectivity index is 1.85. The number of halogens is 1. The Bertz CT molecular complexity index is 788. The van der Waals surface area contributed by atoms with E-state index in [2.05, 4.69) is 5.32 Å². The van der Waals surface area contributed by atoms with Crippen LogP contribution in [0.2, 0.25) is 0 Å². The third-order valence-electron chi connectivity index (χ3n) is 3.94. The summed E-state index contributed by atoms with van der Waals surface area (Å²) < 4.78 is 13.4. The number of hydrogen-bond acceptors (Lipinski definition) is 3. The van der Waals surface area contributed by atoms with Crippen LogP contribution >= 0.6 is 0 Å². The van der Waals surface area contributed by atoms with E-state index in [1.807, 2.05) is 32.0 Å². The predicted molar refractivity (Wildman–Crippen MR) is 86.8 cm³/mol. The number of rotatable bonds is 3. The average Bonchev–Trinajstić information content (AvgIpc) is 2.77. The van der Waals surface area contributed by atoms with Gasteiger partial charge in [0, 0.05) is 5.69 Å². The number of aryl methyl sites for hydroxylation is 2. The summed E-state index contributed by atoms with van der Waals surface area (Å²) in [6.45, 7) is 3.90. The van der Waals surface area contributed by atoms with Crippen LogP contribution in [0.1, 0.15) is 17.5 Å². The van der Waals surface area contributed by atoms with Crippen molar-refractivity contribution < 1.29 is 14.0 Å². The molecule has 0 bridgehead atoms. The van der Waals surface area contributed by atoms with Gasteiger partial charge < -0.3 is 5.32 Å². The summed E-state index contributed by atoms with van der Waals surface area (Å²) in [5, 5.41) is 3.14. The molecule has 0 radical (unpaired) electrons. The van der Waals surface area contributed by atoms with Gasteiger partial charge in [0.25, 0.3) is 5.91 Å². The molecule has 1 aliphatic heterocycles. The smallest absolute Gasteiger partial charge is 0.256 e. The van der Waals surface area contributed by atoms with Crippen LogP contribution in [0.4, 0.5) is 15.8 Å². The van der Waals surface area contributed by atoms with Crippen LogP contribution in [0.15, 0.2) is 42.5 Å². The van der Waals surface area contributed by atoms with E-state index >= 15 is 0 Å². The summed E-state index contributed by atoms with van der Waals surface area (Å²) in [6, 6.07) is 10.8. The fourth-order valence-corrected chi connectivity index (χ4v) is 2.71. The number of anilines is 2. The highest BCUT2D eigenvalue weighted by Gasteiger charge is 2.39. The number of carbonyl (C=O) groups is 2. The highest BCUT2D eigenvalue weighted by Crippen LogP contribution is 2.26. The normalized spacial score (nSPS) is 17.7. The largest absolute Gasteiger partial charge is 0.373 e. The van der Waals surface area contributed by atoms with Crippen molar-refractivity contribution in [3.05, 3.63) is 59.4 Å². The second kappa shape index (κ2) is 5.83. The third-order valence-corrected chi connectivity index (χ3v) is 3.94. The molecule has 2 aromatic carbocycles. The summed E-state index contributed by atoms with van der Waals surface area (Å²) in [4.78, 5) is 25.8. The number of benzene rings is 2. The van der Waals surface area contributed by atoms with Crippen molar-refractivity contribution in [3.8, 4) is 0 Å². The summed E-state index contributed by atoms with van der Waals surface area (Å²) in [5.74, 6) is -1.17. The Kier molecular flexibility index (Phi) is 3.86. The first-order chi connectivity index (χ1) is 11.0. The molecule has 1 saturated heterocycles. The minimum Gasteiger partial charge on any atom is -0.373 e. The molecule has 1 N–H and O–H groups in total. The maximum Gasteiger partial charge on any atom is 0.256 e. The molecule has 23 heavy (non-hydrogen) atoms. The van der Waals surface area contributed by atoms with Crippen LogP contribution < -0.4 is 10.2 Å². The zero-order valence-electron chi connectivity index (χ0n) is 13.0. The van der Waals surface area contributed by atoms with Crippen LogP contribution in [0.25, 0.3) is 0 Å².